The molecule has 2 rings (SSSR count). The van der Waals surface area contributed by atoms with E-state index < -0.39 is 11.5 Å². The van der Waals surface area contributed by atoms with Gasteiger partial charge in [-0.15, -0.1) is 0 Å². The number of carbonyl (C=O) groups is 2. The number of hydrogen-bond donors (Lipinski definition) is 3. The van der Waals surface area contributed by atoms with Crippen molar-refractivity contribution >= 4 is 23.3 Å². The van der Waals surface area contributed by atoms with Crippen molar-refractivity contribution in [2.24, 2.45) is 0 Å². The number of nitrogens with zero attached hydrogens (tertiary/aromatic N) is 1. The van der Waals surface area contributed by atoms with Gasteiger partial charge in [0.1, 0.15) is 0 Å². The molecule has 1 aliphatic rings. The van der Waals surface area contributed by atoms with Crippen LogP contribution in [0.1, 0.15) is 56.8 Å². The van der Waals surface area contributed by atoms with E-state index in [1.165, 1.54) is 4.90 Å². The van der Waals surface area contributed by atoms with Crippen molar-refractivity contribution in [2.75, 3.05) is 30.0 Å². The van der Waals surface area contributed by atoms with Crippen LogP contribution in [0.2, 0.25) is 0 Å². The molecule has 1 saturated heterocycles. The Bertz CT molecular complexity index is 668. The van der Waals surface area contributed by atoms with Gasteiger partial charge in [-0.2, -0.15) is 0 Å². The zero-order valence-electron chi connectivity index (χ0n) is 16.3. The fraction of sp³-hybridized carbons (Fsp3) is 0.600. The molecular formula is C20H30N2O5. The van der Waals surface area contributed by atoms with E-state index in [1.807, 2.05) is 0 Å². The van der Waals surface area contributed by atoms with Crippen LogP contribution >= 0.6 is 0 Å². The molecule has 7 nitrogen and oxygen atoms in total. The summed E-state index contributed by atoms with van der Waals surface area (Å²) >= 11 is 0. The van der Waals surface area contributed by atoms with E-state index in [0.717, 1.165) is 12.8 Å². The van der Waals surface area contributed by atoms with E-state index in [-0.39, 0.29) is 38.2 Å². The normalized spacial score (nSPS) is 16.1. The molecule has 1 aromatic rings. The van der Waals surface area contributed by atoms with Crippen molar-refractivity contribution in [2.45, 2.75) is 58.0 Å². The van der Waals surface area contributed by atoms with Crippen LogP contribution in [0.25, 0.3) is 0 Å². The van der Waals surface area contributed by atoms with Crippen molar-refractivity contribution in [1.82, 2.24) is 0 Å². The Kier molecular flexibility index (Phi) is 7.21. The average molecular weight is 378 g/mol. The first-order valence-corrected chi connectivity index (χ1v) is 9.58. The van der Waals surface area contributed by atoms with Gasteiger partial charge in [-0.3, -0.25) is 9.69 Å². The summed E-state index contributed by atoms with van der Waals surface area (Å²) in [5, 5.41) is 23.2. The van der Waals surface area contributed by atoms with Crippen LogP contribution in [-0.2, 0) is 9.53 Å². The van der Waals surface area contributed by atoms with Gasteiger partial charge in [0.05, 0.1) is 42.3 Å². The lowest BCUT2D eigenvalue weighted by Crippen LogP contribution is -2.52. The standard InChI is InChI=1S/C20H30N2O5/c1-4-15(5-2)21-16-11-14(19(26)27-6-3)7-8-17(16)22-18(25)9-10-20(22,12-23)13-24/h7-8,11,15,21,23-24H,4-6,9-10,12-13H2,1-3H3. The lowest BCUT2D eigenvalue weighted by Gasteiger charge is -2.37. The van der Waals surface area contributed by atoms with Crippen molar-refractivity contribution < 1.29 is 24.5 Å². The van der Waals surface area contributed by atoms with Crippen LogP contribution in [0.15, 0.2) is 18.2 Å². The zero-order chi connectivity index (χ0) is 20.0. The van der Waals surface area contributed by atoms with Gasteiger partial charge in [0, 0.05) is 12.5 Å². The van der Waals surface area contributed by atoms with E-state index >= 15 is 0 Å². The number of rotatable bonds is 9. The molecule has 1 aliphatic heterocycles. The molecule has 150 valence electrons. The minimum Gasteiger partial charge on any atom is -0.462 e. The molecule has 0 spiro atoms. The second-order valence-electron chi connectivity index (χ2n) is 6.88. The van der Waals surface area contributed by atoms with Gasteiger partial charge in [0.2, 0.25) is 5.91 Å². The summed E-state index contributed by atoms with van der Waals surface area (Å²) in [4.78, 5) is 26.2. The van der Waals surface area contributed by atoms with Crippen molar-refractivity contribution in [3.8, 4) is 0 Å². The lowest BCUT2D eigenvalue weighted by molar-refractivity contribution is -0.117. The van der Waals surface area contributed by atoms with E-state index in [4.69, 9.17) is 4.74 Å². The number of amides is 1. The molecule has 1 amide bonds. The smallest absolute Gasteiger partial charge is 0.338 e. The molecule has 0 bridgehead atoms. The number of esters is 1. The number of nitrogens with one attached hydrogen (secondary N) is 1. The Labute approximate surface area is 160 Å². The summed E-state index contributed by atoms with van der Waals surface area (Å²) in [6, 6.07) is 5.13. The third kappa shape index (κ3) is 4.25. The number of aliphatic hydroxyl groups is 2. The van der Waals surface area contributed by atoms with E-state index in [2.05, 4.69) is 19.2 Å². The average Bonchev–Trinajstić information content (AvgIpc) is 3.02. The number of aliphatic hydroxyl groups excluding tert-OH is 2. The van der Waals surface area contributed by atoms with Crippen LogP contribution in [0.5, 0.6) is 0 Å². The summed E-state index contributed by atoms with van der Waals surface area (Å²) in [5.74, 6) is -0.588. The number of ether oxygens (including phenoxy) is 1. The number of hydrogen-bond acceptors (Lipinski definition) is 6. The first-order chi connectivity index (χ1) is 13.0. The van der Waals surface area contributed by atoms with Gasteiger partial charge in [-0.25, -0.2) is 4.79 Å². The highest BCUT2D eigenvalue weighted by atomic mass is 16.5. The predicted molar refractivity (Wildman–Crippen MR) is 104 cm³/mol. The SMILES string of the molecule is CCOC(=O)c1ccc(N2C(=O)CCC2(CO)CO)c(NC(CC)CC)c1. The number of carbonyl (C=O) groups excluding carboxylic acids is 2. The lowest BCUT2D eigenvalue weighted by atomic mass is 9.97. The monoisotopic (exact) mass is 378 g/mol. The first kappa shape index (κ1) is 21.2. The molecule has 1 fully saturated rings. The van der Waals surface area contributed by atoms with Crippen LogP contribution < -0.4 is 10.2 Å². The molecule has 0 radical (unpaired) electrons. The van der Waals surface area contributed by atoms with Crippen LogP contribution in [0.3, 0.4) is 0 Å². The molecule has 0 aromatic heterocycles. The minimum atomic E-state index is -1.03. The molecule has 0 unspecified atom stereocenters. The third-order valence-corrected chi connectivity index (χ3v) is 5.21. The third-order valence-electron chi connectivity index (χ3n) is 5.21. The summed E-state index contributed by atoms with van der Waals surface area (Å²) in [7, 11) is 0. The Morgan fingerprint density at radius 3 is 2.48 bits per heavy atom. The van der Waals surface area contributed by atoms with Gasteiger partial charge in [-0.1, -0.05) is 13.8 Å². The van der Waals surface area contributed by atoms with Crippen LogP contribution in [-0.4, -0.2) is 53.5 Å². The molecule has 0 saturated carbocycles. The van der Waals surface area contributed by atoms with Crippen molar-refractivity contribution in [1.29, 1.82) is 0 Å². The Balaban J connectivity index is 2.53. The number of benzene rings is 1. The molecule has 0 atom stereocenters. The van der Waals surface area contributed by atoms with E-state index in [9.17, 15) is 19.8 Å². The Morgan fingerprint density at radius 1 is 1.26 bits per heavy atom. The van der Waals surface area contributed by atoms with E-state index in [1.54, 1.807) is 25.1 Å². The maximum atomic E-state index is 12.6. The van der Waals surface area contributed by atoms with Crippen molar-refractivity contribution in [3.05, 3.63) is 23.8 Å². The molecule has 0 aliphatic carbocycles. The highest BCUT2D eigenvalue weighted by molar-refractivity contribution is 6.02. The van der Waals surface area contributed by atoms with Gasteiger partial charge in [0.25, 0.3) is 0 Å². The second-order valence-corrected chi connectivity index (χ2v) is 6.88. The van der Waals surface area contributed by atoms with Gasteiger partial charge < -0.3 is 20.3 Å². The quantitative estimate of drug-likeness (QED) is 0.570. The summed E-state index contributed by atoms with van der Waals surface area (Å²) in [6.07, 6.45) is 2.38. The highest BCUT2D eigenvalue weighted by Gasteiger charge is 2.46. The van der Waals surface area contributed by atoms with Gasteiger partial charge in [0.15, 0.2) is 0 Å². The van der Waals surface area contributed by atoms with Gasteiger partial charge in [-0.05, 0) is 44.4 Å². The molecule has 1 heterocycles. The highest BCUT2D eigenvalue weighted by Crippen LogP contribution is 2.39. The summed E-state index contributed by atoms with van der Waals surface area (Å²) in [5.41, 5.74) is 0.531. The van der Waals surface area contributed by atoms with Crippen LogP contribution in [0.4, 0.5) is 11.4 Å². The fourth-order valence-corrected chi connectivity index (χ4v) is 3.47. The minimum absolute atomic E-state index is 0.158. The molecular weight excluding hydrogens is 348 g/mol. The predicted octanol–water partition coefficient (Wildman–Crippen LogP) is 2.31. The maximum absolute atomic E-state index is 12.6. The molecule has 7 heteroatoms. The first-order valence-electron chi connectivity index (χ1n) is 9.58. The van der Waals surface area contributed by atoms with E-state index in [0.29, 0.717) is 23.4 Å². The maximum Gasteiger partial charge on any atom is 0.338 e. The summed E-state index contributed by atoms with van der Waals surface area (Å²) in [6.45, 7) is 5.47. The largest absolute Gasteiger partial charge is 0.462 e. The summed E-state index contributed by atoms with van der Waals surface area (Å²) < 4.78 is 5.08. The molecule has 3 N–H and O–H groups in total. The topological polar surface area (TPSA) is 99.1 Å². The number of anilines is 2. The Hall–Kier alpha value is -2.12. The van der Waals surface area contributed by atoms with Gasteiger partial charge >= 0.3 is 5.97 Å². The molecule has 27 heavy (non-hydrogen) atoms. The second kappa shape index (κ2) is 9.19. The zero-order valence-corrected chi connectivity index (χ0v) is 16.3. The fourth-order valence-electron chi connectivity index (χ4n) is 3.47. The van der Waals surface area contributed by atoms with Crippen LogP contribution in [0, 0.1) is 0 Å². The Morgan fingerprint density at radius 2 is 1.93 bits per heavy atom. The molecule has 1 aromatic carbocycles. The van der Waals surface area contributed by atoms with Crippen molar-refractivity contribution in [3.63, 3.8) is 0 Å².